The molecule has 3 amide bonds. The molecule has 7 heteroatoms. The van der Waals surface area contributed by atoms with Gasteiger partial charge in [0, 0.05) is 31.6 Å². The number of esters is 1. The van der Waals surface area contributed by atoms with E-state index in [1.165, 1.54) is 0 Å². The average molecular weight is 422 g/mol. The fraction of sp³-hybridized carbons (Fsp3) is 0.333. The number of ether oxygens (including phenoxy) is 1. The van der Waals surface area contributed by atoms with Crippen molar-refractivity contribution >= 4 is 23.7 Å². The summed E-state index contributed by atoms with van der Waals surface area (Å²) < 4.78 is 5.54. The van der Waals surface area contributed by atoms with Crippen LogP contribution in [-0.4, -0.2) is 53.1 Å². The van der Waals surface area contributed by atoms with Gasteiger partial charge in [-0.05, 0) is 32.4 Å². The van der Waals surface area contributed by atoms with E-state index in [2.05, 4.69) is 0 Å². The van der Waals surface area contributed by atoms with Gasteiger partial charge < -0.3 is 9.64 Å². The molecule has 2 aromatic rings. The van der Waals surface area contributed by atoms with Crippen molar-refractivity contribution in [2.45, 2.75) is 32.8 Å². The number of hydrogen-bond donors (Lipinski definition) is 0. The third kappa shape index (κ3) is 4.82. The van der Waals surface area contributed by atoms with E-state index in [0.717, 1.165) is 4.90 Å². The van der Waals surface area contributed by atoms with Gasteiger partial charge in [0.1, 0.15) is 0 Å². The van der Waals surface area contributed by atoms with Crippen molar-refractivity contribution in [3.8, 4) is 0 Å². The molecular formula is C24H26N2O5. The molecule has 1 aliphatic rings. The number of benzene rings is 2. The van der Waals surface area contributed by atoms with Crippen LogP contribution in [0, 0.1) is 0 Å². The zero-order valence-corrected chi connectivity index (χ0v) is 17.7. The Morgan fingerprint density at radius 2 is 1.45 bits per heavy atom. The fourth-order valence-electron chi connectivity index (χ4n) is 3.60. The summed E-state index contributed by atoms with van der Waals surface area (Å²) in [5, 5.41) is 0. The van der Waals surface area contributed by atoms with Crippen LogP contribution < -0.4 is 0 Å². The highest BCUT2D eigenvalue weighted by Gasteiger charge is 2.35. The van der Waals surface area contributed by atoms with E-state index in [1.54, 1.807) is 53.4 Å². The molecule has 0 radical (unpaired) electrons. The molecule has 7 nitrogen and oxygen atoms in total. The molecule has 0 bridgehead atoms. The Morgan fingerprint density at radius 3 is 2.00 bits per heavy atom. The summed E-state index contributed by atoms with van der Waals surface area (Å²) in [5.74, 6) is -1.53. The third-order valence-electron chi connectivity index (χ3n) is 5.29. The van der Waals surface area contributed by atoms with Crippen molar-refractivity contribution < 1.29 is 23.9 Å². The monoisotopic (exact) mass is 422 g/mol. The molecule has 0 fully saturated rings. The molecule has 0 spiro atoms. The summed E-state index contributed by atoms with van der Waals surface area (Å²) in [4.78, 5) is 53.0. The lowest BCUT2D eigenvalue weighted by molar-refractivity contribution is -0.161. The maximum atomic E-state index is 12.9. The van der Waals surface area contributed by atoms with Crippen LogP contribution >= 0.6 is 0 Å². The highest BCUT2D eigenvalue weighted by atomic mass is 16.5. The number of rotatable bonds is 9. The lowest BCUT2D eigenvalue weighted by atomic mass is 10.1. The lowest BCUT2D eigenvalue weighted by Crippen LogP contribution is -2.37. The topological polar surface area (TPSA) is 84.0 Å². The van der Waals surface area contributed by atoms with Gasteiger partial charge in [0.2, 0.25) is 6.10 Å². The Balaban J connectivity index is 1.61. The van der Waals surface area contributed by atoms with Crippen LogP contribution in [0.3, 0.4) is 0 Å². The molecule has 0 unspecified atom stereocenters. The van der Waals surface area contributed by atoms with Gasteiger partial charge in [-0.3, -0.25) is 24.1 Å². The van der Waals surface area contributed by atoms with Gasteiger partial charge in [0.25, 0.3) is 17.7 Å². The Bertz CT molecular complexity index is 934. The number of likely N-dealkylation sites (N-methyl/N-ethyl adjacent to an activating group) is 1. The summed E-state index contributed by atoms with van der Waals surface area (Å²) in [7, 11) is 0. The van der Waals surface area contributed by atoms with Gasteiger partial charge in [-0.2, -0.15) is 0 Å². The maximum absolute atomic E-state index is 12.9. The second-order valence-corrected chi connectivity index (χ2v) is 7.20. The van der Waals surface area contributed by atoms with E-state index >= 15 is 0 Å². The molecule has 1 heterocycles. The predicted molar refractivity (Wildman–Crippen MR) is 114 cm³/mol. The average Bonchev–Trinajstić information content (AvgIpc) is 3.04. The van der Waals surface area contributed by atoms with Crippen molar-refractivity contribution in [2.75, 3.05) is 19.6 Å². The summed E-state index contributed by atoms with van der Waals surface area (Å²) in [6, 6.07) is 15.5. The maximum Gasteiger partial charge on any atom is 0.306 e. The minimum atomic E-state index is -1.02. The first-order chi connectivity index (χ1) is 15.0. The Hall–Kier alpha value is -3.48. The first-order valence-corrected chi connectivity index (χ1v) is 10.5. The summed E-state index contributed by atoms with van der Waals surface area (Å²) in [6.07, 6.45) is -0.777. The van der Waals surface area contributed by atoms with Crippen LogP contribution in [0.2, 0.25) is 0 Å². The van der Waals surface area contributed by atoms with E-state index in [4.69, 9.17) is 4.74 Å². The van der Waals surface area contributed by atoms with Crippen molar-refractivity contribution in [1.82, 2.24) is 9.80 Å². The second-order valence-electron chi connectivity index (χ2n) is 7.20. The van der Waals surface area contributed by atoms with Gasteiger partial charge in [-0.1, -0.05) is 42.5 Å². The zero-order valence-electron chi connectivity index (χ0n) is 17.7. The number of carbonyl (C=O) groups excluding carboxylic acids is 4. The SMILES string of the molecule is CCN(CC)C(=O)[C@@H](OC(=O)CCCN1C(=O)c2ccccc2C1=O)c1ccccc1. The largest absolute Gasteiger partial charge is 0.447 e. The van der Waals surface area contributed by atoms with Gasteiger partial charge in [-0.25, -0.2) is 0 Å². The standard InChI is InChI=1S/C24H26N2O5/c1-3-25(4-2)24(30)21(17-11-6-5-7-12-17)31-20(27)15-10-16-26-22(28)18-13-8-9-14-19(18)23(26)29/h5-9,11-14,21H,3-4,10,15-16H2,1-2H3/t21-/m0/s1. The second kappa shape index (κ2) is 10.0. The van der Waals surface area contributed by atoms with Crippen LogP contribution in [0.25, 0.3) is 0 Å². The highest BCUT2D eigenvalue weighted by Crippen LogP contribution is 2.24. The molecule has 162 valence electrons. The zero-order chi connectivity index (χ0) is 22.4. The minimum Gasteiger partial charge on any atom is -0.447 e. The normalized spacial score (nSPS) is 13.7. The van der Waals surface area contributed by atoms with E-state index < -0.39 is 12.1 Å². The molecule has 0 aliphatic carbocycles. The van der Waals surface area contributed by atoms with E-state index in [0.29, 0.717) is 29.8 Å². The summed E-state index contributed by atoms with van der Waals surface area (Å²) >= 11 is 0. The van der Waals surface area contributed by atoms with Gasteiger partial charge in [0.05, 0.1) is 11.1 Å². The first kappa shape index (κ1) is 22.2. The number of nitrogens with zero attached hydrogens (tertiary/aromatic N) is 2. The van der Waals surface area contributed by atoms with Crippen molar-refractivity contribution in [1.29, 1.82) is 0 Å². The van der Waals surface area contributed by atoms with Crippen LogP contribution in [0.5, 0.6) is 0 Å². The lowest BCUT2D eigenvalue weighted by Gasteiger charge is -2.25. The number of amides is 3. The highest BCUT2D eigenvalue weighted by molar-refractivity contribution is 6.21. The molecule has 0 aromatic heterocycles. The molecule has 1 atom stereocenters. The van der Waals surface area contributed by atoms with Crippen LogP contribution in [0.1, 0.15) is 59.1 Å². The molecular weight excluding hydrogens is 396 g/mol. The third-order valence-corrected chi connectivity index (χ3v) is 5.29. The molecule has 3 rings (SSSR count). The van der Waals surface area contributed by atoms with Crippen molar-refractivity contribution in [3.63, 3.8) is 0 Å². The van der Waals surface area contributed by atoms with Gasteiger partial charge >= 0.3 is 5.97 Å². The van der Waals surface area contributed by atoms with Gasteiger partial charge in [-0.15, -0.1) is 0 Å². The molecule has 31 heavy (non-hydrogen) atoms. The minimum absolute atomic E-state index is 0.0116. The van der Waals surface area contributed by atoms with Crippen molar-refractivity contribution in [2.24, 2.45) is 0 Å². The van der Waals surface area contributed by atoms with E-state index in [9.17, 15) is 19.2 Å². The van der Waals surface area contributed by atoms with Crippen molar-refractivity contribution in [3.05, 3.63) is 71.3 Å². The molecule has 1 aliphatic heterocycles. The molecule has 0 saturated heterocycles. The Kier molecular flexibility index (Phi) is 7.18. The number of carbonyl (C=O) groups is 4. The van der Waals surface area contributed by atoms with Crippen LogP contribution in [-0.2, 0) is 14.3 Å². The number of imide groups is 1. The quantitative estimate of drug-likeness (QED) is 0.458. The van der Waals surface area contributed by atoms with Crippen LogP contribution in [0.4, 0.5) is 0 Å². The smallest absolute Gasteiger partial charge is 0.306 e. The fourth-order valence-corrected chi connectivity index (χ4v) is 3.60. The number of hydrogen-bond acceptors (Lipinski definition) is 5. The number of fused-ring (bicyclic) bond motifs is 1. The van der Waals surface area contributed by atoms with Gasteiger partial charge in [0.15, 0.2) is 0 Å². The Morgan fingerprint density at radius 1 is 0.903 bits per heavy atom. The molecule has 2 aromatic carbocycles. The first-order valence-electron chi connectivity index (χ1n) is 10.5. The summed E-state index contributed by atoms with van der Waals surface area (Å²) in [6.45, 7) is 4.87. The molecule has 0 saturated carbocycles. The predicted octanol–water partition coefficient (Wildman–Crippen LogP) is 3.22. The molecule has 0 N–H and O–H groups in total. The Labute approximate surface area is 181 Å². The van der Waals surface area contributed by atoms with E-state index in [1.807, 2.05) is 19.9 Å². The van der Waals surface area contributed by atoms with Crippen LogP contribution in [0.15, 0.2) is 54.6 Å². The summed E-state index contributed by atoms with van der Waals surface area (Å²) in [5.41, 5.74) is 1.36. The van der Waals surface area contributed by atoms with E-state index in [-0.39, 0.29) is 37.1 Å².